The number of rotatable bonds is 6. The molecule has 1 aliphatic rings. The van der Waals surface area contributed by atoms with Crippen molar-refractivity contribution in [3.8, 4) is 0 Å². The van der Waals surface area contributed by atoms with Gasteiger partial charge >= 0.3 is 5.97 Å². The van der Waals surface area contributed by atoms with Crippen LogP contribution in [0, 0.1) is 0 Å². The normalized spacial score (nSPS) is 15.2. The van der Waals surface area contributed by atoms with Crippen LogP contribution in [0.5, 0.6) is 0 Å². The largest absolute Gasteiger partial charge is 0.465 e. The molecule has 29 heavy (non-hydrogen) atoms. The van der Waals surface area contributed by atoms with Gasteiger partial charge in [0.25, 0.3) is 0 Å². The number of ether oxygens (including phenoxy) is 2. The van der Waals surface area contributed by atoms with Gasteiger partial charge in [-0.25, -0.2) is 9.78 Å². The monoisotopic (exact) mass is 394 g/mol. The van der Waals surface area contributed by atoms with Crippen LogP contribution in [0.15, 0.2) is 36.7 Å². The van der Waals surface area contributed by atoms with Gasteiger partial charge in [-0.05, 0) is 44.0 Å². The first-order chi connectivity index (χ1) is 14.2. The first kappa shape index (κ1) is 19.5. The third kappa shape index (κ3) is 4.02. The highest BCUT2D eigenvalue weighted by Gasteiger charge is 2.23. The molecule has 0 spiro atoms. The second-order valence-corrected chi connectivity index (χ2v) is 7.28. The number of piperidine rings is 1. The number of methoxy groups -OCH3 is 1. The number of benzene rings is 1. The molecule has 1 fully saturated rings. The lowest BCUT2D eigenvalue weighted by molar-refractivity contribution is 0.0366. The highest BCUT2D eigenvalue weighted by Crippen LogP contribution is 2.33. The quantitative estimate of drug-likeness (QED) is 0.390. The zero-order chi connectivity index (χ0) is 20.2. The van der Waals surface area contributed by atoms with E-state index in [1.165, 1.54) is 7.11 Å². The van der Waals surface area contributed by atoms with Crippen molar-refractivity contribution in [2.24, 2.45) is 5.73 Å². The molecule has 0 radical (unpaired) electrons. The number of carbonyl (C=O) groups excluding carboxylic acids is 1. The molecule has 0 aliphatic carbocycles. The number of nitrogens with zero attached hydrogens (tertiary/aromatic N) is 3. The molecule has 152 valence electrons. The van der Waals surface area contributed by atoms with Crippen molar-refractivity contribution in [1.29, 1.82) is 0 Å². The lowest BCUT2D eigenvalue weighted by atomic mass is 10.0. The van der Waals surface area contributed by atoms with E-state index in [9.17, 15) is 4.79 Å². The molecule has 0 atom stereocenters. The molecule has 7 nitrogen and oxygen atoms in total. The summed E-state index contributed by atoms with van der Waals surface area (Å²) in [5.74, 6) is 0.564. The first-order valence-electron chi connectivity index (χ1n) is 10.0. The Kier molecular flexibility index (Phi) is 5.87. The van der Waals surface area contributed by atoms with E-state index in [-0.39, 0.29) is 12.1 Å². The Morgan fingerprint density at radius 2 is 2.03 bits per heavy atom. The number of pyridine rings is 2. The van der Waals surface area contributed by atoms with E-state index >= 15 is 0 Å². The smallest absolute Gasteiger partial charge is 0.337 e. The van der Waals surface area contributed by atoms with Gasteiger partial charge < -0.3 is 20.1 Å². The van der Waals surface area contributed by atoms with Crippen LogP contribution in [0.4, 0.5) is 5.82 Å². The molecule has 1 saturated heterocycles. The Morgan fingerprint density at radius 3 is 2.79 bits per heavy atom. The topological polar surface area (TPSA) is 90.6 Å². The number of hydrogen-bond donors (Lipinski definition) is 1. The Labute approximate surface area is 169 Å². The summed E-state index contributed by atoms with van der Waals surface area (Å²) in [5.41, 5.74) is 6.81. The molecule has 3 aromatic rings. The molecule has 0 saturated carbocycles. The first-order valence-corrected chi connectivity index (χ1v) is 10.0. The van der Waals surface area contributed by atoms with E-state index < -0.39 is 0 Å². The summed E-state index contributed by atoms with van der Waals surface area (Å²) in [6, 6.07) is 7.49. The summed E-state index contributed by atoms with van der Waals surface area (Å²) < 4.78 is 10.8. The summed E-state index contributed by atoms with van der Waals surface area (Å²) in [4.78, 5) is 23.5. The molecule has 1 aliphatic heterocycles. The minimum Gasteiger partial charge on any atom is -0.465 e. The summed E-state index contributed by atoms with van der Waals surface area (Å²) in [6.45, 7) is 3.13. The van der Waals surface area contributed by atoms with Crippen LogP contribution in [-0.4, -0.2) is 55.4 Å². The van der Waals surface area contributed by atoms with Crippen LogP contribution in [0.1, 0.15) is 29.6 Å². The van der Waals surface area contributed by atoms with Gasteiger partial charge in [-0.1, -0.05) is 6.07 Å². The maximum absolute atomic E-state index is 12.0. The van der Waals surface area contributed by atoms with Crippen molar-refractivity contribution in [3.63, 3.8) is 0 Å². The number of aromatic nitrogens is 2. The van der Waals surface area contributed by atoms with Crippen LogP contribution >= 0.6 is 0 Å². The number of esters is 1. The Morgan fingerprint density at radius 1 is 1.21 bits per heavy atom. The molecule has 0 bridgehead atoms. The van der Waals surface area contributed by atoms with Crippen LogP contribution in [0.25, 0.3) is 21.7 Å². The molecule has 2 N–H and O–H groups in total. The van der Waals surface area contributed by atoms with Crippen molar-refractivity contribution >= 4 is 33.5 Å². The molecule has 4 rings (SSSR count). The second kappa shape index (κ2) is 8.71. The molecule has 1 aromatic carbocycles. The minimum absolute atomic E-state index is 0.275. The summed E-state index contributed by atoms with van der Waals surface area (Å²) in [6.07, 6.45) is 6.75. The fourth-order valence-electron chi connectivity index (χ4n) is 3.88. The maximum Gasteiger partial charge on any atom is 0.337 e. The number of hydrogen-bond acceptors (Lipinski definition) is 7. The van der Waals surface area contributed by atoms with Crippen molar-refractivity contribution in [2.75, 3.05) is 38.3 Å². The third-order valence-corrected chi connectivity index (χ3v) is 5.44. The fourth-order valence-corrected chi connectivity index (χ4v) is 3.88. The van der Waals surface area contributed by atoms with Gasteiger partial charge in [-0.15, -0.1) is 0 Å². The van der Waals surface area contributed by atoms with E-state index in [1.807, 2.05) is 18.3 Å². The second-order valence-electron chi connectivity index (χ2n) is 7.28. The van der Waals surface area contributed by atoms with Crippen LogP contribution < -0.4 is 10.6 Å². The molecule has 2 aromatic heterocycles. The van der Waals surface area contributed by atoms with E-state index in [1.54, 1.807) is 18.3 Å². The highest BCUT2D eigenvalue weighted by atomic mass is 16.5. The molecule has 0 amide bonds. The van der Waals surface area contributed by atoms with Gasteiger partial charge in [0.15, 0.2) is 0 Å². The molecular formula is C22H26N4O3. The standard InChI is InChI=1S/C22H26N4O3/c1-28-22(27)15-3-4-17-19-14-24-9-5-18(19)21(25-20(17)13-15)26-10-6-16(7-11-26)29-12-2-8-23/h3-5,9,13-14,16H,2,6-8,10-12,23H2,1H3. The Hall–Kier alpha value is -2.77. The minimum atomic E-state index is -0.364. The summed E-state index contributed by atoms with van der Waals surface area (Å²) in [7, 11) is 1.38. The van der Waals surface area contributed by atoms with Crippen molar-refractivity contribution in [1.82, 2.24) is 9.97 Å². The number of anilines is 1. The Bertz CT molecular complexity index is 1020. The summed E-state index contributed by atoms with van der Waals surface area (Å²) >= 11 is 0. The van der Waals surface area contributed by atoms with E-state index in [2.05, 4.69) is 9.88 Å². The lowest BCUT2D eigenvalue weighted by Gasteiger charge is -2.33. The zero-order valence-corrected chi connectivity index (χ0v) is 16.6. The molecular weight excluding hydrogens is 368 g/mol. The average Bonchev–Trinajstić information content (AvgIpc) is 2.78. The lowest BCUT2D eigenvalue weighted by Crippen LogP contribution is -2.37. The van der Waals surface area contributed by atoms with Gasteiger partial charge in [-0.3, -0.25) is 4.98 Å². The van der Waals surface area contributed by atoms with Crippen molar-refractivity contribution in [2.45, 2.75) is 25.4 Å². The Balaban J connectivity index is 1.67. The molecule has 3 heterocycles. The average molecular weight is 394 g/mol. The van der Waals surface area contributed by atoms with Gasteiger partial charge in [0, 0.05) is 48.2 Å². The maximum atomic E-state index is 12.0. The van der Waals surface area contributed by atoms with Gasteiger partial charge in [-0.2, -0.15) is 0 Å². The number of carbonyl (C=O) groups is 1. The number of nitrogens with two attached hydrogens (primary N) is 1. The van der Waals surface area contributed by atoms with Crippen LogP contribution in [-0.2, 0) is 9.47 Å². The van der Waals surface area contributed by atoms with Gasteiger partial charge in [0.05, 0.1) is 24.3 Å². The van der Waals surface area contributed by atoms with Crippen molar-refractivity contribution < 1.29 is 14.3 Å². The van der Waals surface area contributed by atoms with Gasteiger partial charge in [0.2, 0.25) is 0 Å². The van der Waals surface area contributed by atoms with Crippen LogP contribution in [0.2, 0.25) is 0 Å². The molecule has 7 heteroatoms. The third-order valence-electron chi connectivity index (χ3n) is 5.44. The summed E-state index contributed by atoms with van der Waals surface area (Å²) in [5, 5.41) is 3.08. The highest BCUT2D eigenvalue weighted by molar-refractivity contribution is 6.11. The molecule has 0 unspecified atom stereocenters. The predicted molar refractivity (Wildman–Crippen MR) is 113 cm³/mol. The number of fused-ring (bicyclic) bond motifs is 3. The van der Waals surface area contributed by atoms with E-state index in [4.69, 9.17) is 20.2 Å². The van der Waals surface area contributed by atoms with E-state index in [0.717, 1.165) is 66.5 Å². The van der Waals surface area contributed by atoms with Gasteiger partial charge in [0.1, 0.15) is 5.82 Å². The van der Waals surface area contributed by atoms with E-state index in [0.29, 0.717) is 12.1 Å². The zero-order valence-electron chi connectivity index (χ0n) is 16.6. The predicted octanol–water partition coefficient (Wildman–Crippen LogP) is 2.90. The van der Waals surface area contributed by atoms with Crippen molar-refractivity contribution in [3.05, 3.63) is 42.2 Å². The fraction of sp³-hybridized carbons (Fsp3) is 0.409. The van der Waals surface area contributed by atoms with Crippen LogP contribution in [0.3, 0.4) is 0 Å². The SMILES string of the molecule is COC(=O)c1ccc2c(c1)nc(N1CCC(OCCCN)CC1)c1ccncc12.